The number of fused-ring (bicyclic) bond motifs is 1. The van der Waals surface area contributed by atoms with Gasteiger partial charge in [0, 0.05) is 22.4 Å². The fourth-order valence-corrected chi connectivity index (χ4v) is 4.59. The molecule has 1 heterocycles. The first-order chi connectivity index (χ1) is 15.2. The second-order valence-electron chi connectivity index (χ2n) is 7.60. The standard InChI is InChI=1S/C25H20FN3OS/c26-18-12-10-16(11-13-18)22-20-8-4-5-9-21(20)25(29-28-22)31-23(17-6-2-1-3-7-17)24(30)27-19-14-15-19/h1-13,19,23H,14-15H2,(H,27,30)/t23-/m1/s1. The molecule has 0 spiro atoms. The van der Waals surface area contributed by atoms with E-state index in [2.05, 4.69) is 15.5 Å². The van der Waals surface area contributed by atoms with Crippen LogP contribution in [0.5, 0.6) is 0 Å². The quantitative estimate of drug-likeness (QED) is 0.409. The zero-order valence-corrected chi connectivity index (χ0v) is 17.5. The van der Waals surface area contributed by atoms with Crippen molar-refractivity contribution in [1.29, 1.82) is 0 Å². The van der Waals surface area contributed by atoms with E-state index in [9.17, 15) is 9.18 Å². The molecule has 0 unspecified atom stereocenters. The first-order valence-corrected chi connectivity index (χ1v) is 11.1. The van der Waals surface area contributed by atoms with Gasteiger partial charge in [0.05, 0.1) is 0 Å². The molecule has 154 valence electrons. The molecule has 1 atom stereocenters. The Hall–Kier alpha value is -3.25. The summed E-state index contributed by atoms with van der Waals surface area (Å²) in [5, 5.41) is 14.2. The Morgan fingerprint density at radius 1 is 0.903 bits per heavy atom. The van der Waals surface area contributed by atoms with Crippen LogP contribution in [-0.2, 0) is 4.79 Å². The maximum Gasteiger partial charge on any atom is 0.238 e. The van der Waals surface area contributed by atoms with Crippen LogP contribution >= 0.6 is 11.8 Å². The molecule has 0 aliphatic heterocycles. The molecule has 1 aromatic heterocycles. The Kier molecular flexibility index (Phi) is 5.38. The molecular weight excluding hydrogens is 409 g/mol. The summed E-state index contributed by atoms with van der Waals surface area (Å²) < 4.78 is 13.4. The first kappa shape index (κ1) is 19.7. The van der Waals surface area contributed by atoms with Gasteiger partial charge in [-0.2, -0.15) is 0 Å². The van der Waals surface area contributed by atoms with Gasteiger partial charge in [-0.1, -0.05) is 66.4 Å². The van der Waals surface area contributed by atoms with Crippen molar-refractivity contribution in [3.05, 3.63) is 90.2 Å². The average molecular weight is 430 g/mol. The summed E-state index contributed by atoms with van der Waals surface area (Å²) in [6, 6.07) is 24.1. The number of halogens is 1. The SMILES string of the molecule is O=C(NC1CC1)[C@H](Sc1nnc(-c2ccc(F)cc2)c2ccccc12)c1ccccc1. The highest BCUT2D eigenvalue weighted by molar-refractivity contribution is 8.00. The number of nitrogens with one attached hydrogen (secondary N) is 1. The molecule has 0 bridgehead atoms. The molecule has 4 nitrogen and oxygen atoms in total. The van der Waals surface area contributed by atoms with Crippen molar-refractivity contribution in [2.24, 2.45) is 0 Å². The smallest absolute Gasteiger partial charge is 0.238 e. The molecule has 5 rings (SSSR count). The minimum absolute atomic E-state index is 0.00723. The van der Waals surface area contributed by atoms with Crippen molar-refractivity contribution in [1.82, 2.24) is 15.5 Å². The Bertz CT molecular complexity index is 1230. The predicted molar refractivity (Wildman–Crippen MR) is 121 cm³/mol. The highest BCUT2D eigenvalue weighted by Gasteiger charge is 2.30. The summed E-state index contributed by atoms with van der Waals surface area (Å²) in [6.45, 7) is 0. The van der Waals surface area contributed by atoms with E-state index < -0.39 is 5.25 Å². The number of rotatable bonds is 6. The summed E-state index contributed by atoms with van der Waals surface area (Å²) in [5.74, 6) is -0.298. The number of carbonyl (C=O) groups is 1. The van der Waals surface area contributed by atoms with Crippen molar-refractivity contribution in [3.8, 4) is 11.3 Å². The Morgan fingerprint density at radius 2 is 1.58 bits per heavy atom. The lowest BCUT2D eigenvalue weighted by atomic mass is 10.1. The van der Waals surface area contributed by atoms with Gasteiger partial charge in [-0.15, -0.1) is 10.2 Å². The van der Waals surface area contributed by atoms with Gasteiger partial charge >= 0.3 is 0 Å². The molecule has 1 aliphatic carbocycles. The fraction of sp³-hybridized carbons (Fsp3) is 0.160. The van der Waals surface area contributed by atoms with Crippen LogP contribution in [0.25, 0.3) is 22.0 Å². The van der Waals surface area contributed by atoms with Crippen LogP contribution < -0.4 is 5.32 Å². The van der Waals surface area contributed by atoms with Gasteiger partial charge in [0.2, 0.25) is 5.91 Å². The van der Waals surface area contributed by atoms with Crippen LogP contribution in [0.4, 0.5) is 4.39 Å². The second-order valence-corrected chi connectivity index (χ2v) is 8.69. The first-order valence-electron chi connectivity index (χ1n) is 10.2. The van der Waals surface area contributed by atoms with E-state index in [1.165, 1.54) is 23.9 Å². The number of hydrogen-bond donors (Lipinski definition) is 1. The van der Waals surface area contributed by atoms with E-state index in [4.69, 9.17) is 0 Å². The molecule has 0 saturated heterocycles. The van der Waals surface area contributed by atoms with Gasteiger partial charge < -0.3 is 5.32 Å². The molecule has 1 N–H and O–H groups in total. The molecule has 1 fully saturated rings. The number of hydrogen-bond acceptors (Lipinski definition) is 4. The number of aromatic nitrogens is 2. The Morgan fingerprint density at radius 3 is 2.29 bits per heavy atom. The Labute approximate surface area is 183 Å². The van der Waals surface area contributed by atoms with E-state index in [0.717, 1.165) is 34.7 Å². The molecule has 3 aromatic carbocycles. The Balaban J connectivity index is 1.55. The number of carbonyl (C=O) groups excluding carboxylic acids is 1. The summed E-state index contributed by atoms with van der Waals surface area (Å²) in [4.78, 5) is 13.0. The second kappa shape index (κ2) is 8.47. The van der Waals surface area contributed by atoms with Crippen LogP contribution in [0.3, 0.4) is 0 Å². The predicted octanol–water partition coefficient (Wildman–Crippen LogP) is 5.55. The van der Waals surface area contributed by atoms with Gasteiger partial charge in [0.25, 0.3) is 0 Å². The number of thioether (sulfide) groups is 1. The van der Waals surface area contributed by atoms with E-state index in [0.29, 0.717) is 10.7 Å². The van der Waals surface area contributed by atoms with Crippen LogP contribution in [0, 0.1) is 5.82 Å². The molecule has 1 amide bonds. The maximum atomic E-state index is 13.4. The van der Waals surface area contributed by atoms with Crippen LogP contribution in [0.1, 0.15) is 23.7 Å². The van der Waals surface area contributed by atoms with Gasteiger partial charge in [-0.25, -0.2) is 4.39 Å². The zero-order valence-electron chi connectivity index (χ0n) is 16.7. The highest BCUT2D eigenvalue weighted by Crippen LogP contribution is 2.40. The van der Waals surface area contributed by atoms with Gasteiger partial charge in [0.1, 0.15) is 21.8 Å². The summed E-state index contributed by atoms with van der Waals surface area (Å²) in [6.07, 6.45) is 2.07. The van der Waals surface area contributed by atoms with E-state index in [1.807, 2.05) is 54.6 Å². The third-order valence-corrected chi connectivity index (χ3v) is 6.51. The fourth-order valence-electron chi connectivity index (χ4n) is 3.50. The van der Waals surface area contributed by atoms with Crippen molar-refractivity contribution >= 4 is 28.4 Å². The minimum Gasteiger partial charge on any atom is -0.352 e. The average Bonchev–Trinajstić information content (AvgIpc) is 3.62. The van der Waals surface area contributed by atoms with Crippen molar-refractivity contribution < 1.29 is 9.18 Å². The lowest BCUT2D eigenvalue weighted by Gasteiger charge is -2.17. The summed E-state index contributed by atoms with van der Waals surface area (Å²) >= 11 is 1.41. The van der Waals surface area contributed by atoms with Crippen LogP contribution in [0.2, 0.25) is 0 Å². The molecule has 4 aromatic rings. The molecule has 0 radical (unpaired) electrons. The van der Waals surface area contributed by atoms with Gasteiger partial charge in [-0.05, 0) is 42.7 Å². The van der Waals surface area contributed by atoms with E-state index in [-0.39, 0.29) is 17.8 Å². The normalized spacial score (nSPS) is 14.4. The molecular formula is C25H20FN3OS. The molecule has 6 heteroatoms. The van der Waals surface area contributed by atoms with Crippen molar-refractivity contribution in [2.45, 2.75) is 29.2 Å². The molecule has 31 heavy (non-hydrogen) atoms. The van der Waals surface area contributed by atoms with E-state index in [1.54, 1.807) is 12.1 Å². The third kappa shape index (κ3) is 4.30. The zero-order chi connectivity index (χ0) is 21.2. The van der Waals surface area contributed by atoms with E-state index >= 15 is 0 Å². The minimum atomic E-state index is -0.420. The monoisotopic (exact) mass is 429 g/mol. The van der Waals surface area contributed by atoms with Gasteiger partial charge in [0.15, 0.2) is 0 Å². The lowest BCUT2D eigenvalue weighted by molar-refractivity contribution is -0.120. The molecule has 1 aliphatic rings. The lowest BCUT2D eigenvalue weighted by Crippen LogP contribution is -2.29. The topological polar surface area (TPSA) is 54.9 Å². The van der Waals surface area contributed by atoms with Gasteiger partial charge in [-0.3, -0.25) is 4.79 Å². The van der Waals surface area contributed by atoms with Crippen LogP contribution in [0.15, 0.2) is 83.9 Å². The van der Waals surface area contributed by atoms with Crippen LogP contribution in [-0.4, -0.2) is 22.1 Å². The summed E-state index contributed by atoms with van der Waals surface area (Å²) in [5.41, 5.74) is 2.42. The summed E-state index contributed by atoms with van der Waals surface area (Å²) in [7, 11) is 0. The number of amides is 1. The highest BCUT2D eigenvalue weighted by atomic mass is 32.2. The number of nitrogens with zero attached hydrogens (tertiary/aromatic N) is 2. The molecule has 1 saturated carbocycles. The maximum absolute atomic E-state index is 13.4. The largest absolute Gasteiger partial charge is 0.352 e. The van der Waals surface area contributed by atoms with Crippen molar-refractivity contribution in [3.63, 3.8) is 0 Å². The number of benzene rings is 3. The van der Waals surface area contributed by atoms with Crippen molar-refractivity contribution in [2.75, 3.05) is 0 Å². The third-order valence-electron chi connectivity index (χ3n) is 5.26.